The predicted octanol–water partition coefficient (Wildman–Crippen LogP) is 4.08. The molecular weight excluding hydrogens is 410 g/mol. The van der Waals surface area contributed by atoms with Gasteiger partial charge >= 0.3 is 11.6 Å². The maximum atomic E-state index is 12.8. The number of nitrogens with zero attached hydrogens (tertiary/aromatic N) is 1. The van der Waals surface area contributed by atoms with E-state index in [0.29, 0.717) is 22.6 Å². The Bertz CT molecular complexity index is 1260. The first-order valence-corrected chi connectivity index (χ1v) is 10.5. The fraction of sp³-hybridized carbons (Fsp3) is 0.320. The summed E-state index contributed by atoms with van der Waals surface area (Å²) in [7, 11) is 0. The molecule has 2 heterocycles. The van der Waals surface area contributed by atoms with Crippen molar-refractivity contribution in [2.45, 2.75) is 46.3 Å². The number of carbonyl (C=O) groups excluding carboxylic acids is 2. The van der Waals surface area contributed by atoms with Gasteiger partial charge in [0, 0.05) is 23.9 Å². The van der Waals surface area contributed by atoms with Crippen molar-refractivity contribution in [1.29, 1.82) is 0 Å². The molecule has 166 valence electrons. The van der Waals surface area contributed by atoms with Gasteiger partial charge in [0.05, 0.1) is 12.2 Å². The molecule has 0 unspecified atom stereocenters. The lowest BCUT2D eigenvalue weighted by atomic mass is 9.95. The highest BCUT2D eigenvalue weighted by Crippen LogP contribution is 2.33. The molecule has 3 aromatic rings. The lowest BCUT2D eigenvalue weighted by molar-refractivity contribution is -0.153. The molecule has 0 bridgehead atoms. The summed E-state index contributed by atoms with van der Waals surface area (Å²) in [5.74, 6) is -0.0705. The van der Waals surface area contributed by atoms with Crippen molar-refractivity contribution in [2.75, 3.05) is 11.4 Å². The SMILES string of the molecule is CC(=O)N1C[C@@H](C(=O)OCc2cc(=O)oc3cc(C)c(C(C)C)cc23)Oc2ccccc21. The summed E-state index contributed by atoms with van der Waals surface area (Å²) in [6.45, 7) is 7.54. The Hall–Kier alpha value is -3.61. The van der Waals surface area contributed by atoms with Gasteiger partial charge in [0.1, 0.15) is 17.9 Å². The van der Waals surface area contributed by atoms with E-state index < -0.39 is 17.7 Å². The molecule has 1 aromatic heterocycles. The number of esters is 1. The van der Waals surface area contributed by atoms with E-state index in [1.807, 2.05) is 19.1 Å². The zero-order valence-electron chi connectivity index (χ0n) is 18.5. The van der Waals surface area contributed by atoms with Crippen LogP contribution in [0.3, 0.4) is 0 Å². The summed E-state index contributed by atoms with van der Waals surface area (Å²) in [6.07, 6.45) is -0.964. The van der Waals surface area contributed by atoms with Crippen molar-refractivity contribution in [2.24, 2.45) is 0 Å². The van der Waals surface area contributed by atoms with Crippen LogP contribution in [-0.4, -0.2) is 24.5 Å². The third-order valence-corrected chi connectivity index (χ3v) is 5.63. The van der Waals surface area contributed by atoms with E-state index in [4.69, 9.17) is 13.9 Å². The van der Waals surface area contributed by atoms with Crippen molar-refractivity contribution >= 4 is 28.5 Å². The van der Waals surface area contributed by atoms with E-state index in [1.54, 1.807) is 24.3 Å². The summed E-state index contributed by atoms with van der Waals surface area (Å²) >= 11 is 0. The van der Waals surface area contributed by atoms with E-state index in [9.17, 15) is 14.4 Å². The van der Waals surface area contributed by atoms with Crippen molar-refractivity contribution in [1.82, 2.24) is 0 Å². The average Bonchev–Trinajstić information content (AvgIpc) is 2.75. The minimum atomic E-state index is -0.964. The maximum absolute atomic E-state index is 12.8. The molecule has 1 atom stereocenters. The fourth-order valence-electron chi connectivity index (χ4n) is 4.03. The second kappa shape index (κ2) is 8.49. The Kier molecular flexibility index (Phi) is 5.74. The summed E-state index contributed by atoms with van der Waals surface area (Å²) in [6, 6.07) is 12.2. The smallest absolute Gasteiger partial charge is 0.349 e. The van der Waals surface area contributed by atoms with Gasteiger partial charge in [-0.3, -0.25) is 4.79 Å². The molecule has 0 fully saturated rings. The van der Waals surface area contributed by atoms with Crippen LogP contribution in [0.5, 0.6) is 5.75 Å². The van der Waals surface area contributed by atoms with Gasteiger partial charge in [-0.25, -0.2) is 9.59 Å². The minimum absolute atomic E-state index is 0.0551. The first kappa shape index (κ1) is 21.6. The average molecular weight is 435 g/mol. The molecule has 2 aromatic carbocycles. The van der Waals surface area contributed by atoms with Crippen molar-refractivity contribution in [3.05, 3.63) is 69.6 Å². The van der Waals surface area contributed by atoms with Gasteiger partial charge in [0.25, 0.3) is 0 Å². The van der Waals surface area contributed by atoms with Gasteiger partial charge in [-0.1, -0.05) is 26.0 Å². The number of carbonyl (C=O) groups is 2. The largest absolute Gasteiger partial charge is 0.475 e. The number of fused-ring (bicyclic) bond motifs is 2. The van der Waals surface area contributed by atoms with Crippen molar-refractivity contribution in [3.63, 3.8) is 0 Å². The standard InChI is InChI=1S/C25H25NO6/c1-14(2)18-11-19-17(10-24(28)32-22(19)9-15(18)3)13-30-25(29)23-12-26(16(4)27)20-7-5-6-8-21(20)31-23/h5-11,14,23H,12-13H2,1-4H3/t23-/m0/s1. The van der Waals surface area contributed by atoms with E-state index in [2.05, 4.69) is 13.8 Å². The lowest BCUT2D eigenvalue weighted by Gasteiger charge is -2.33. The van der Waals surface area contributed by atoms with Crippen molar-refractivity contribution < 1.29 is 23.5 Å². The monoisotopic (exact) mass is 435 g/mol. The quantitative estimate of drug-likeness (QED) is 0.453. The summed E-state index contributed by atoms with van der Waals surface area (Å²) in [5.41, 5.74) is 3.28. The molecule has 0 saturated heterocycles. The first-order chi connectivity index (χ1) is 15.2. The third kappa shape index (κ3) is 4.10. The number of benzene rings is 2. The molecule has 7 nitrogen and oxygen atoms in total. The molecule has 7 heteroatoms. The number of ether oxygens (including phenoxy) is 2. The van der Waals surface area contributed by atoms with Crippen LogP contribution in [0.2, 0.25) is 0 Å². The topological polar surface area (TPSA) is 86.0 Å². The van der Waals surface area contributed by atoms with Gasteiger partial charge in [-0.2, -0.15) is 0 Å². The Labute approximate surface area is 185 Å². The second-order valence-corrected chi connectivity index (χ2v) is 8.26. The normalized spacial score (nSPS) is 15.4. The zero-order chi connectivity index (χ0) is 23.0. The Morgan fingerprint density at radius 2 is 1.94 bits per heavy atom. The Morgan fingerprint density at radius 1 is 1.19 bits per heavy atom. The van der Waals surface area contributed by atoms with E-state index in [1.165, 1.54) is 17.9 Å². The number of amides is 1. The van der Waals surface area contributed by atoms with Gasteiger partial charge in [-0.05, 0) is 48.2 Å². The number of hydrogen-bond acceptors (Lipinski definition) is 6. The van der Waals surface area contributed by atoms with Gasteiger partial charge in [0.2, 0.25) is 12.0 Å². The molecule has 1 amide bonds. The van der Waals surface area contributed by atoms with E-state index in [-0.39, 0.29) is 25.0 Å². The number of rotatable bonds is 4. The highest BCUT2D eigenvalue weighted by atomic mass is 16.6. The number of hydrogen-bond donors (Lipinski definition) is 0. The second-order valence-electron chi connectivity index (χ2n) is 8.26. The van der Waals surface area contributed by atoms with Gasteiger partial charge < -0.3 is 18.8 Å². The molecule has 0 aliphatic carbocycles. The predicted molar refractivity (Wildman–Crippen MR) is 120 cm³/mol. The van der Waals surface area contributed by atoms with Crippen LogP contribution >= 0.6 is 0 Å². The first-order valence-electron chi connectivity index (χ1n) is 10.5. The van der Waals surface area contributed by atoms with Crippen LogP contribution in [0.4, 0.5) is 5.69 Å². The van der Waals surface area contributed by atoms with E-state index in [0.717, 1.165) is 16.5 Å². The van der Waals surface area contributed by atoms with Gasteiger partial charge in [-0.15, -0.1) is 0 Å². The molecule has 0 radical (unpaired) electrons. The molecule has 0 saturated carbocycles. The molecule has 1 aliphatic heterocycles. The third-order valence-electron chi connectivity index (χ3n) is 5.63. The highest BCUT2D eigenvalue weighted by Gasteiger charge is 2.33. The molecular formula is C25H25NO6. The summed E-state index contributed by atoms with van der Waals surface area (Å²) in [4.78, 5) is 38.4. The van der Waals surface area contributed by atoms with Crippen molar-refractivity contribution in [3.8, 4) is 5.75 Å². The molecule has 32 heavy (non-hydrogen) atoms. The van der Waals surface area contributed by atoms with Crippen LogP contribution in [0.15, 0.2) is 51.7 Å². The zero-order valence-corrected chi connectivity index (χ0v) is 18.5. The molecule has 4 rings (SSSR count). The van der Waals surface area contributed by atoms with Crippen LogP contribution in [0.25, 0.3) is 11.0 Å². The molecule has 0 spiro atoms. The molecule has 0 N–H and O–H groups in total. The van der Waals surface area contributed by atoms with Crippen LogP contribution in [0, 0.1) is 6.92 Å². The highest BCUT2D eigenvalue weighted by molar-refractivity contribution is 5.95. The van der Waals surface area contributed by atoms with Crippen LogP contribution < -0.4 is 15.3 Å². The number of para-hydroxylation sites is 2. The van der Waals surface area contributed by atoms with Crippen LogP contribution in [0.1, 0.15) is 43.4 Å². The molecule has 1 aliphatic rings. The van der Waals surface area contributed by atoms with E-state index >= 15 is 0 Å². The Balaban J connectivity index is 1.59. The number of anilines is 1. The number of aryl methyl sites for hydroxylation is 1. The van der Waals surface area contributed by atoms with Crippen LogP contribution in [-0.2, 0) is 20.9 Å². The summed E-state index contributed by atoms with van der Waals surface area (Å²) < 4.78 is 16.7. The fourth-order valence-corrected chi connectivity index (χ4v) is 4.03. The van der Waals surface area contributed by atoms with Gasteiger partial charge in [0.15, 0.2) is 0 Å². The lowest BCUT2D eigenvalue weighted by Crippen LogP contribution is -2.47. The Morgan fingerprint density at radius 3 is 2.66 bits per heavy atom. The maximum Gasteiger partial charge on any atom is 0.349 e. The minimum Gasteiger partial charge on any atom is -0.475 e. The summed E-state index contributed by atoms with van der Waals surface area (Å²) in [5, 5.41) is 0.729.